The Kier molecular flexibility index (Phi) is 4.80. The van der Waals surface area contributed by atoms with Gasteiger partial charge in [-0.25, -0.2) is 4.98 Å². The summed E-state index contributed by atoms with van der Waals surface area (Å²) in [4.78, 5) is 20.5. The van der Waals surface area contributed by atoms with E-state index in [0.717, 1.165) is 25.1 Å². The Morgan fingerprint density at radius 3 is 2.46 bits per heavy atom. The molecule has 4 N–H and O–H groups in total. The van der Waals surface area contributed by atoms with Crippen LogP contribution in [0.15, 0.2) is 0 Å². The molecule has 2 aromatic heterocycles. The number of hydrogen-bond acceptors (Lipinski definition) is 6. The van der Waals surface area contributed by atoms with Gasteiger partial charge in [-0.15, -0.1) is 11.3 Å². The van der Waals surface area contributed by atoms with Crippen LogP contribution < -0.4 is 11.5 Å². The number of aromatic nitrogens is 1. The first-order valence-electron chi connectivity index (χ1n) is 8.95. The van der Waals surface area contributed by atoms with Gasteiger partial charge in [-0.3, -0.25) is 4.79 Å². The number of nitrogens with two attached hydrogens (primary N) is 2. The Labute approximate surface area is 157 Å². The van der Waals surface area contributed by atoms with E-state index < -0.39 is 0 Å². The number of nitrogen functional groups attached to an aromatic ring is 2. The summed E-state index contributed by atoms with van der Waals surface area (Å²) < 4.78 is 0. The molecule has 1 fully saturated rings. The summed E-state index contributed by atoms with van der Waals surface area (Å²) in [5.74, 6) is 1.15. The molecule has 1 saturated heterocycles. The molecule has 0 spiro atoms. The number of pyridine rings is 1. The topological polar surface area (TPSA) is 109 Å². The van der Waals surface area contributed by atoms with Crippen LogP contribution in [0.1, 0.15) is 60.8 Å². The fraction of sp³-hybridized carbons (Fsp3) is 0.526. The molecule has 6 nitrogen and oxygen atoms in total. The SMILES string of the molecule is CC1CC(C)CN(C(=O)c2sc3nc(N)c(C#N)c(C(C)C)c3c2N)C1. The van der Waals surface area contributed by atoms with Gasteiger partial charge >= 0.3 is 0 Å². The van der Waals surface area contributed by atoms with Crippen LogP contribution in [0.25, 0.3) is 10.2 Å². The number of fused-ring (bicyclic) bond motifs is 1. The van der Waals surface area contributed by atoms with Crippen molar-refractivity contribution in [3.05, 3.63) is 16.0 Å². The number of anilines is 2. The van der Waals surface area contributed by atoms with E-state index >= 15 is 0 Å². The van der Waals surface area contributed by atoms with Gasteiger partial charge in [0.05, 0.1) is 11.3 Å². The molecule has 3 heterocycles. The van der Waals surface area contributed by atoms with Gasteiger partial charge in [0.15, 0.2) is 0 Å². The van der Waals surface area contributed by atoms with Gasteiger partial charge in [-0.2, -0.15) is 5.26 Å². The minimum atomic E-state index is -0.0457. The van der Waals surface area contributed by atoms with Crippen molar-refractivity contribution in [2.24, 2.45) is 11.8 Å². The number of hydrogen-bond donors (Lipinski definition) is 2. The second-order valence-electron chi connectivity index (χ2n) is 7.73. The van der Waals surface area contributed by atoms with Crippen LogP contribution in [-0.2, 0) is 0 Å². The first-order chi connectivity index (χ1) is 12.2. The van der Waals surface area contributed by atoms with Crippen LogP contribution in [0.4, 0.5) is 11.5 Å². The number of rotatable bonds is 2. The number of carbonyl (C=O) groups is 1. The summed E-state index contributed by atoms with van der Waals surface area (Å²) in [5, 5.41) is 10.2. The van der Waals surface area contributed by atoms with Crippen LogP contribution in [0.3, 0.4) is 0 Å². The molecule has 1 aliphatic heterocycles. The second-order valence-corrected chi connectivity index (χ2v) is 8.73. The highest BCUT2D eigenvalue weighted by molar-refractivity contribution is 7.21. The van der Waals surface area contributed by atoms with E-state index in [0.29, 0.717) is 38.2 Å². The molecule has 138 valence electrons. The van der Waals surface area contributed by atoms with E-state index in [4.69, 9.17) is 11.5 Å². The predicted octanol–water partition coefficient (Wildman–Crippen LogP) is 3.57. The lowest BCUT2D eigenvalue weighted by molar-refractivity contribution is 0.0629. The number of thiophene rings is 1. The Hall–Kier alpha value is -2.33. The van der Waals surface area contributed by atoms with E-state index in [1.54, 1.807) is 0 Å². The molecular weight excluding hydrogens is 346 g/mol. The Balaban J connectivity index is 2.14. The fourth-order valence-electron chi connectivity index (χ4n) is 4.02. The molecule has 2 aromatic rings. The van der Waals surface area contributed by atoms with Crippen LogP contribution in [0.5, 0.6) is 0 Å². The van der Waals surface area contributed by atoms with E-state index in [-0.39, 0.29) is 17.6 Å². The summed E-state index contributed by atoms with van der Waals surface area (Å²) in [6.45, 7) is 9.80. The summed E-state index contributed by atoms with van der Waals surface area (Å²) in [6.07, 6.45) is 1.13. The normalized spacial score (nSPS) is 20.5. The second kappa shape index (κ2) is 6.76. The van der Waals surface area contributed by atoms with Crippen LogP contribution >= 0.6 is 11.3 Å². The third kappa shape index (κ3) is 2.99. The van der Waals surface area contributed by atoms with Crippen molar-refractivity contribution in [1.29, 1.82) is 5.26 Å². The first-order valence-corrected chi connectivity index (χ1v) is 9.76. The van der Waals surface area contributed by atoms with Crippen LogP contribution in [-0.4, -0.2) is 28.9 Å². The summed E-state index contributed by atoms with van der Waals surface area (Å²) in [5.41, 5.74) is 14.0. The van der Waals surface area contributed by atoms with Gasteiger partial charge in [0.25, 0.3) is 5.91 Å². The molecule has 0 saturated carbocycles. The van der Waals surface area contributed by atoms with Gasteiger partial charge in [0.1, 0.15) is 21.6 Å². The maximum Gasteiger partial charge on any atom is 0.266 e. The molecule has 2 atom stereocenters. The highest BCUT2D eigenvalue weighted by atomic mass is 32.1. The molecule has 7 heteroatoms. The van der Waals surface area contributed by atoms with E-state index in [1.807, 2.05) is 18.7 Å². The zero-order valence-corrected chi connectivity index (χ0v) is 16.5. The lowest BCUT2D eigenvalue weighted by Gasteiger charge is -2.34. The van der Waals surface area contributed by atoms with E-state index in [9.17, 15) is 10.1 Å². The van der Waals surface area contributed by atoms with Crippen molar-refractivity contribution in [3.63, 3.8) is 0 Å². The number of nitrogens with zero attached hydrogens (tertiary/aromatic N) is 3. The number of likely N-dealkylation sites (tertiary alicyclic amines) is 1. The van der Waals surface area contributed by atoms with Gasteiger partial charge in [-0.05, 0) is 29.7 Å². The molecule has 1 aliphatic rings. The third-order valence-electron chi connectivity index (χ3n) is 4.98. The molecule has 3 rings (SSSR count). The molecular formula is C19H25N5OS. The largest absolute Gasteiger partial charge is 0.397 e. The van der Waals surface area contributed by atoms with Crippen molar-refractivity contribution in [2.75, 3.05) is 24.6 Å². The minimum Gasteiger partial charge on any atom is -0.397 e. The maximum atomic E-state index is 13.1. The van der Waals surface area contributed by atoms with Crippen LogP contribution in [0, 0.1) is 23.2 Å². The van der Waals surface area contributed by atoms with Gasteiger partial charge in [-0.1, -0.05) is 27.7 Å². The highest BCUT2D eigenvalue weighted by Gasteiger charge is 2.30. The molecule has 0 aliphatic carbocycles. The van der Waals surface area contributed by atoms with Gasteiger partial charge in [0, 0.05) is 18.5 Å². The zero-order valence-electron chi connectivity index (χ0n) is 15.7. The number of amides is 1. The number of piperidine rings is 1. The summed E-state index contributed by atoms with van der Waals surface area (Å²) in [7, 11) is 0. The minimum absolute atomic E-state index is 0.0457. The number of nitriles is 1. The molecule has 0 radical (unpaired) electrons. The maximum absolute atomic E-state index is 13.1. The first kappa shape index (κ1) is 18.5. The van der Waals surface area contributed by atoms with Crippen molar-refractivity contribution < 1.29 is 4.79 Å². The smallest absolute Gasteiger partial charge is 0.266 e. The monoisotopic (exact) mass is 371 g/mol. The average molecular weight is 372 g/mol. The Morgan fingerprint density at radius 1 is 1.31 bits per heavy atom. The third-order valence-corrected chi connectivity index (χ3v) is 6.07. The van der Waals surface area contributed by atoms with Crippen LogP contribution in [0.2, 0.25) is 0 Å². The van der Waals surface area contributed by atoms with Crippen molar-refractivity contribution >= 4 is 39.0 Å². The molecule has 0 bridgehead atoms. The van der Waals surface area contributed by atoms with Crippen molar-refractivity contribution in [1.82, 2.24) is 9.88 Å². The summed E-state index contributed by atoms with van der Waals surface area (Å²) >= 11 is 1.28. The highest BCUT2D eigenvalue weighted by Crippen LogP contribution is 2.41. The molecule has 26 heavy (non-hydrogen) atoms. The van der Waals surface area contributed by atoms with E-state index in [2.05, 4.69) is 24.9 Å². The predicted molar refractivity (Wildman–Crippen MR) is 106 cm³/mol. The van der Waals surface area contributed by atoms with Gasteiger partial charge in [0.2, 0.25) is 0 Å². The quantitative estimate of drug-likeness (QED) is 0.838. The fourth-order valence-corrected chi connectivity index (χ4v) is 5.11. The lowest BCUT2D eigenvalue weighted by atomic mass is 9.91. The zero-order chi connectivity index (χ0) is 19.2. The standard InChI is InChI=1S/C19H25N5OS/c1-9(2)13-12(6-20)17(22)23-18-14(13)15(21)16(26-18)19(25)24-7-10(3)5-11(4)8-24/h9-11H,5,7-8,21H2,1-4H3,(H2,22,23). The average Bonchev–Trinajstić information content (AvgIpc) is 2.88. The van der Waals surface area contributed by atoms with E-state index in [1.165, 1.54) is 11.3 Å². The molecule has 0 aromatic carbocycles. The molecule has 2 unspecified atom stereocenters. The van der Waals surface area contributed by atoms with Crippen molar-refractivity contribution in [2.45, 2.75) is 40.0 Å². The number of carbonyl (C=O) groups excluding carboxylic acids is 1. The lowest BCUT2D eigenvalue weighted by Crippen LogP contribution is -2.42. The van der Waals surface area contributed by atoms with Gasteiger partial charge < -0.3 is 16.4 Å². The Morgan fingerprint density at radius 2 is 1.92 bits per heavy atom. The van der Waals surface area contributed by atoms with Crippen molar-refractivity contribution in [3.8, 4) is 6.07 Å². The summed E-state index contributed by atoms with van der Waals surface area (Å²) in [6, 6.07) is 2.14. The Bertz CT molecular complexity index is 901. The molecule has 1 amide bonds.